The Balaban J connectivity index is 1.44. The summed E-state index contributed by atoms with van der Waals surface area (Å²) in [5.41, 5.74) is 4.67. The van der Waals surface area contributed by atoms with E-state index in [1.807, 2.05) is 50.3 Å². The smallest absolute Gasteiger partial charge is 0.246 e. The van der Waals surface area contributed by atoms with Crippen LogP contribution in [0.1, 0.15) is 23.2 Å². The summed E-state index contributed by atoms with van der Waals surface area (Å²) < 4.78 is 16.2. The first-order valence-electron chi connectivity index (χ1n) is 12.1. The Morgan fingerprint density at radius 1 is 1.11 bits per heavy atom. The first-order chi connectivity index (χ1) is 18.0. The number of methoxy groups -OCH3 is 1. The first kappa shape index (κ1) is 26.1. The molecule has 0 saturated heterocycles. The van der Waals surface area contributed by atoms with Crippen molar-refractivity contribution in [1.82, 2.24) is 20.3 Å². The van der Waals surface area contributed by atoms with Crippen LogP contribution in [0.25, 0.3) is 6.08 Å². The molecular weight excluding hydrogens is 472 g/mol. The van der Waals surface area contributed by atoms with E-state index in [-0.39, 0.29) is 12.5 Å². The maximum absolute atomic E-state index is 12.1. The van der Waals surface area contributed by atoms with E-state index >= 15 is 0 Å². The molecule has 3 aromatic rings. The van der Waals surface area contributed by atoms with Crippen LogP contribution in [0, 0.1) is 13.8 Å². The second-order valence-corrected chi connectivity index (χ2v) is 8.63. The van der Waals surface area contributed by atoms with Gasteiger partial charge in [0.2, 0.25) is 5.91 Å². The standard InChI is InChI=1S/C27H32N6O4/c1-18-12-21(5-7-24(18)37-22-6-4-19(2)29-15-22)33-27-23-13-20(8-9-28-26(23)31-17-32-27)14-30-25(34)16-36-11-10-35-3/h4-7,12-13,15,17H,8-11,14,16H2,1-3H3,(H,30,34)(H2,28,31,32,33). The minimum atomic E-state index is -0.170. The first-order valence-corrected chi connectivity index (χ1v) is 12.1. The van der Waals surface area contributed by atoms with Crippen LogP contribution in [0.2, 0.25) is 0 Å². The number of nitrogens with zero attached hydrogens (tertiary/aromatic N) is 3. The molecule has 10 nitrogen and oxygen atoms in total. The predicted molar refractivity (Wildman–Crippen MR) is 142 cm³/mol. The normalized spacial score (nSPS) is 12.6. The Labute approximate surface area is 216 Å². The SMILES string of the molecule is COCCOCC(=O)NCC1=Cc2c(ncnc2Nc2ccc(Oc3ccc(C)nc3)c(C)c2)NCC1. The average Bonchev–Trinajstić information content (AvgIpc) is 3.11. The summed E-state index contributed by atoms with van der Waals surface area (Å²) in [6, 6.07) is 9.68. The summed E-state index contributed by atoms with van der Waals surface area (Å²) in [4.78, 5) is 25.3. The number of ether oxygens (including phenoxy) is 3. The number of aromatic nitrogens is 3. The molecular formula is C27H32N6O4. The van der Waals surface area contributed by atoms with Crippen LogP contribution in [0.3, 0.4) is 0 Å². The van der Waals surface area contributed by atoms with Crippen molar-refractivity contribution in [3.05, 3.63) is 65.2 Å². The molecule has 0 aliphatic carbocycles. The lowest BCUT2D eigenvalue weighted by Crippen LogP contribution is -2.30. The van der Waals surface area contributed by atoms with Gasteiger partial charge in [0.15, 0.2) is 0 Å². The summed E-state index contributed by atoms with van der Waals surface area (Å²) in [6.07, 6.45) is 6.03. The quantitative estimate of drug-likeness (QED) is 0.333. The van der Waals surface area contributed by atoms with Crippen LogP contribution >= 0.6 is 0 Å². The number of carbonyl (C=O) groups excluding carboxylic acids is 1. The van der Waals surface area contributed by atoms with Gasteiger partial charge >= 0.3 is 0 Å². The van der Waals surface area contributed by atoms with E-state index in [0.717, 1.165) is 46.1 Å². The van der Waals surface area contributed by atoms with Gasteiger partial charge in [-0.3, -0.25) is 9.78 Å². The molecule has 0 bridgehead atoms. The summed E-state index contributed by atoms with van der Waals surface area (Å²) in [7, 11) is 1.59. The van der Waals surface area contributed by atoms with Crippen LogP contribution in [0.15, 0.2) is 48.4 Å². The molecule has 1 amide bonds. The van der Waals surface area contributed by atoms with Gasteiger partial charge in [-0.1, -0.05) is 0 Å². The van der Waals surface area contributed by atoms with E-state index in [9.17, 15) is 4.79 Å². The molecule has 3 heterocycles. The van der Waals surface area contributed by atoms with Gasteiger partial charge in [-0.05, 0) is 67.8 Å². The molecule has 0 fully saturated rings. The van der Waals surface area contributed by atoms with E-state index in [0.29, 0.717) is 37.9 Å². The Hall–Kier alpha value is -4.02. The fourth-order valence-electron chi connectivity index (χ4n) is 3.72. The number of amides is 1. The number of fused-ring (bicyclic) bond motifs is 1. The van der Waals surface area contributed by atoms with Gasteiger partial charge in [0, 0.05) is 31.6 Å². The molecule has 194 valence electrons. The van der Waals surface area contributed by atoms with Gasteiger partial charge in [-0.25, -0.2) is 9.97 Å². The molecule has 3 N–H and O–H groups in total. The molecule has 10 heteroatoms. The van der Waals surface area contributed by atoms with E-state index in [1.54, 1.807) is 13.3 Å². The maximum atomic E-state index is 12.1. The lowest BCUT2D eigenvalue weighted by atomic mass is 10.1. The van der Waals surface area contributed by atoms with Crippen LogP contribution in [0.4, 0.5) is 17.3 Å². The van der Waals surface area contributed by atoms with Crippen molar-refractivity contribution < 1.29 is 19.0 Å². The Kier molecular flexibility index (Phi) is 9.01. The van der Waals surface area contributed by atoms with E-state index in [2.05, 4.69) is 30.9 Å². The third-order valence-electron chi connectivity index (χ3n) is 5.70. The largest absolute Gasteiger partial charge is 0.455 e. The van der Waals surface area contributed by atoms with E-state index < -0.39 is 0 Å². The van der Waals surface area contributed by atoms with E-state index in [4.69, 9.17) is 14.2 Å². The minimum absolute atomic E-state index is 0.000873. The summed E-state index contributed by atoms with van der Waals surface area (Å²) in [6.45, 7) is 5.89. The summed E-state index contributed by atoms with van der Waals surface area (Å²) in [5, 5.41) is 9.66. The van der Waals surface area contributed by atoms with E-state index in [1.165, 1.54) is 6.33 Å². The number of benzene rings is 1. The van der Waals surface area contributed by atoms with Gasteiger partial charge < -0.3 is 30.2 Å². The molecule has 4 rings (SSSR count). The molecule has 0 atom stereocenters. The van der Waals surface area contributed by atoms with Crippen molar-refractivity contribution >= 4 is 29.3 Å². The number of carbonyl (C=O) groups is 1. The van der Waals surface area contributed by atoms with Gasteiger partial charge in [0.25, 0.3) is 0 Å². The van der Waals surface area contributed by atoms with Gasteiger partial charge in [-0.15, -0.1) is 0 Å². The van der Waals surface area contributed by atoms with Crippen molar-refractivity contribution in [2.24, 2.45) is 0 Å². The second kappa shape index (κ2) is 12.8. The zero-order chi connectivity index (χ0) is 26.0. The monoisotopic (exact) mass is 504 g/mol. The number of nitrogens with one attached hydrogen (secondary N) is 3. The predicted octanol–water partition coefficient (Wildman–Crippen LogP) is 4.00. The highest BCUT2D eigenvalue weighted by atomic mass is 16.5. The van der Waals surface area contributed by atoms with Crippen LogP contribution < -0.4 is 20.7 Å². The number of hydrogen-bond acceptors (Lipinski definition) is 9. The van der Waals surface area contributed by atoms with Crippen LogP contribution in [-0.2, 0) is 14.3 Å². The van der Waals surface area contributed by atoms with Crippen molar-refractivity contribution in [3.8, 4) is 11.5 Å². The third-order valence-corrected chi connectivity index (χ3v) is 5.70. The van der Waals surface area contributed by atoms with Crippen molar-refractivity contribution in [1.29, 1.82) is 0 Å². The fourth-order valence-corrected chi connectivity index (χ4v) is 3.72. The lowest BCUT2D eigenvalue weighted by Gasteiger charge is -2.14. The number of rotatable bonds is 11. The Morgan fingerprint density at radius 2 is 2.00 bits per heavy atom. The number of pyridine rings is 1. The van der Waals surface area contributed by atoms with Gasteiger partial charge in [-0.2, -0.15) is 0 Å². The minimum Gasteiger partial charge on any atom is -0.455 e. The lowest BCUT2D eigenvalue weighted by molar-refractivity contribution is -0.125. The highest BCUT2D eigenvalue weighted by molar-refractivity contribution is 5.80. The van der Waals surface area contributed by atoms with Gasteiger partial charge in [0.05, 0.1) is 25.0 Å². The Bertz CT molecular complexity index is 1250. The molecule has 0 spiro atoms. The molecule has 0 saturated carbocycles. The zero-order valence-electron chi connectivity index (χ0n) is 21.3. The molecule has 2 aromatic heterocycles. The fraction of sp³-hybridized carbons (Fsp3) is 0.333. The zero-order valence-corrected chi connectivity index (χ0v) is 21.3. The van der Waals surface area contributed by atoms with Crippen LogP contribution in [-0.4, -0.2) is 60.9 Å². The van der Waals surface area contributed by atoms with Crippen molar-refractivity contribution in [3.63, 3.8) is 0 Å². The molecule has 0 unspecified atom stereocenters. The molecule has 0 radical (unpaired) electrons. The molecule has 1 aromatic carbocycles. The van der Waals surface area contributed by atoms with Crippen LogP contribution in [0.5, 0.6) is 11.5 Å². The third kappa shape index (κ3) is 7.48. The molecule has 1 aliphatic rings. The highest BCUT2D eigenvalue weighted by Gasteiger charge is 2.15. The van der Waals surface area contributed by atoms with Gasteiger partial charge in [0.1, 0.15) is 36.1 Å². The second-order valence-electron chi connectivity index (χ2n) is 8.63. The average molecular weight is 505 g/mol. The summed E-state index contributed by atoms with van der Waals surface area (Å²) in [5.74, 6) is 2.68. The molecule has 1 aliphatic heterocycles. The number of aryl methyl sites for hydroxylation is 2. The topological polar surface area (TPSA) is 120 Å². The summed E-state index contributed by atoms with van der Waals surface area (Å²) >= 11 is 0. The molecule has 37 heavy (non-hydrogen) atoms. The maximum Gasteiger partial charge on any atom is 0.246 e. The van der Waals surface area contributed by atoms with Crippen molar-refractivity contribution in [2.45, 2.75) is 20.3 Å². The van der Waals surface area contributed by atoms with Crippen molar-refractivity contribution in [2.75, 3.05) is 50.7 Å². The number of hydrogen-bond donors (Lipinski definition) is 3. The highest BCUT2D eigenvalue weighted by Crippen LogP contribution is 2.31. The Morgan fingerprint density at radius 3 is 2.78 bits per heavy atom. The number of anilines is 3.